The van der Waals surface area contributed by atoms with Gasteiger partial charge in [0, 0.05) is 11.4 Å². The van der Waals surface area contributed by atoms with Gasteiger partial charge >= 0.3 is 0 Å². The Morgan fingerprint density at radius 2 is 1.00 bits per heavy atom. The molecule has 4 aromatic rings. The molecule has 0 bridgehead atoms. The number of nitrogens with zero attached hydrogens (tertiary/aromatic N) is 6. The minimum absolute atomic E-state index is 0.00855. The summed E-state index contributed by atoms with van der Waals surface area (Å²) in [6.45, 7) is 0. The van der Waals surface area contributed by atoms with Gasteiger partial charge in [-0.3, -0.25) is 9.11 Å². The highest BCUT2D eigenvalue weighted by Gasteiger charge is 2.19. The molecule has 0 radical (unpaired) electrons. The van der Waals surface area contributed by atoms with Gasteiger partial charge in [0.1, 0.15) is 21.2 Å². The predicted octanol–water partition coefficient (Wildman–Crippen LogP) is 0.536. The van der Waals surface area contributed by atoms with Crippen molar-refractivity contribution in [3.05, 3.63) is 47.5 Å². The topological polar surface area (TPSA) is 314 Å². The maximum absolute atomic E-state index is 12.1. The Morgan fingerprint density at radius 1 is 0.625 bits per heavy atom. The monoisotopic (exact) mass is 588 g/mol. The van der Waals surface area contributed by atoms with Crippen molar-refractivity contribution >= 4 is 78.4 Å². The predicted molar refractivity (Wildman–Crippen MR) is 145 cm³/mol. The van der Waals surface area contributed by atoms with Gasteiger partial charge in [-0.1, -0.05) is 24.3 Å². The first-order chi connectivity index (χ1) is 18.7. The second-order valence-electron chi connectivity index (χ2n) is 7.91. The molecule has 40 heavy (non-hydrogen) atoms. The molecule has 0 unspecified atom stereocenters. The molecular formula is C20H20N12O6S2. The normalized spacial score (nSPS) is 11.9. The molecule has 2 heterocycles. The zero-order valence-corrected chi connectivity index (χ0v) is 21.6. The van der Waals surface area contributed by atoms with Gasteiger partial charge in [-0.25, -0.2) is 0 Å². The highest BCUT2D eigenvalue weighted by atomic mass is 32.2. The lowest BCUT2D eigenvalue weighted by Crippen LogP contribution is -2.08. The summed E-state index contributed by atoms with van der Waals surface area (Å²) >= 11 is 0. The minimum Gasteiger partial charge on any atom is -0.393 e. The molecule has 4 rings (SSSR count). The van der Waals surface area contributed by atoms with Crippen molar-refractivity contribution < 1.29 is 25.9 Å². The molecule has 0 atom stereocenters. The Balaban J connectivity index is 1.70. The average molecular weight is 589 g/mol. The molecule has 20 heteroatoms. The number of nitrogens with one attached hydrogen (secondary N) is 2. The van der Waals surface area contributed by atoms with Crippen LogP contribution in [0.1, 0.15) is 11.1 Å². The summed E-state index contributed by atoms with van der Waals surface area (Å²) in [5.41, 5.74) is 22.9. The summed E-state index contributed by atoms with van der Waals surface area (Å²) in [6, 6.07) is 7.64. The molecule has 12 N–H and O–H groups in total. The Kier molecular flexibility index (Phi) is 7.33. The van der Waals surface area contributed by atoms with E-state index < -0.39 is 30.0 Å². The third-order valence-electron chi connectivity index (χ3n) is 5.21. The highest BCUT2D eigenvalue weighted by Crippen LogP contribution is 2.30. The Labute approximate surface area is 226 Å². The molecule has 0 aliphatic rings. The molecule has 0 saturated heterocycles. The second kappa shape index (κ2) is 10.5. The van der Waals surface area contributed by atoms with Crippen molar-refractivity contribution in [3.8, 4) is 0 Å². The van der Waals surface area contributed by atoms with E-state index in [1.807, 2.05) is 0 Å². The van der Waals surface area contributed by atoms with Crippen LogP contribution in [0.25, 0.3) is 12.2 Å². The molecule has 0 aliphatic carbocycles. The van der Waals surface area contributed by atoms with Gasteiger partial charge in [0.2, 0.25) is 0 Å². The van der Waals surface area contributed by atoms with Crippen LogP contribution < -0.4 is 33.6 Å². The van der Waals surface area contributed by atoms with Crippen LogP contribution in [0.2, 0.25) is 0 Å². The zero-order valence-electron chi connectivity index (χ0n) is 20.0. The van der Waals surface area contributed by atoms with Gasteiger partial charge in [0.25, 0.3) is 20.2 Å². The van der Waals surface area contributed by atoms with Crippen LogP contribution >= 0.6 is 0 Å². The molecule has 208 valence electrons. The van der Waals surface area contributed by atoms with E-state index in [-0.39, 0.29) is 57.1 Å². The van der Waals surface area contributed by atoms with Gasteiger partial charge in [-0.05, 0) is 45.8 Å². The lowest BCUT2D eigenvalue weighted by molar-refractivity contribution is 0.480. The minimum atomic E-state index is -4.77. The number of nitrogens with two attached hydrogens (primary N) is 4. The summed E-state index contributed by atoms with van der Waals surface area (Å²) in [5, 5.41) is 26.6. The molecule has 0 spiro atoms. The largest absolute Gasteiger partial charge is 0.393 e. The number of hydrogen-bond donors (Lipinski definition) is 8. The Morgan fingerprint density at radius 3 is 1.35 bits per heavy atom. The highest BCUT2D eigenvalue weighted by molar-refractivity contribution is 7.86. The number of nitrogen functional groups attached to an aromatic ring is 4. The Bertz CT molecular complexity index is 1730. The fraction of sp³-hybridized carbons (Fsp3) is 0. The molecule has 18 nitrogen and oxygen atoms in total. The van der Waals surface area contributed by atoms with E-state index >= 15 is 0 Å². The van der Waals surface area contributed by atoms with Crippen LogP contribution in [0.5, 0.6) is 0 Å². The summed E-state index contributed by atoms with van der Waals surface area (Å²) in [4.78, 5) is -1.09. The molecule has 0 amide bonds. The van der Waals surface area contributed by atoms with Crippen LogP contribution in [-0.4, -0.2) is 56.8 Å². The fourth-order valence-electron chi connectivity index (χ4n) is 3.27. The van der Waals surface area contributed by atoms with Crippen LogP contribution in [-0.2, 0) is 20.2 Å². The maximum Gasteiger partial charge on any atom is 0.295 e. The summed E-state index contributed by atoms with van der Waals surface area (Å²) < 4.78 is 68.1. The lowest BCUT2D eigenvalue weighted by Gasteiger charge is -2.11. The quantitative estimate of drug-likeness (QED) is 0.103. The van der Waals surface area contributed by atoms with E-state index in [4.69, 9.17) is 22.9 Å². The first-order valence-corrected chi connectivity index (χ1v) is 13.6. The van der Waals surface area contributed by atoms with Gasteiger partial charge in [0.15, 0.2) is 23.3 Å². The molecule has 0 fully saturated rings. The van der Waals surface area contributed by atoms with Crippen molar-refractivity contribution in [2.24, 2.45) is 0 Å². The van der Waals surface area contributed by atoms with Crippen molar-refractivity contribution in [1.29, 1.82) is 0 Å². The lowest BCUT2D eigenvalue weighted by atomic mass is 10.1. The number of aromatic nitrogens is 6. The van der Waals surface area contributed by atoms with Crippen molar-refractivity contribution in [3.63, 3.8) is 0 Å². The van der Waals surface area contributed by atoms with Gasteiger partial charge in [-0.15, -0.1) is 20.4 Å². The summed E-state index contributed by atoms with van der Waals surface area (Å²) in [5.74, 6) is -0.232. The first-order valence-electron chi connectivity index (χ1n) is 10.7. The molecule has 2 aromatic heterocycles. The van der Waals surface area contributed by atoms with Crippen LogP contribution in [0.3, 0.4) is 0 Å². The molecule has 0 saturated carbocycles. The average Bonchev–Trinajstić information content (AvgIpc) is 2.88. The first kappa shape index (κ1) is 27.8. The van der Waals surface area contributed by atoms with Gasteiger partial charge < -0.3 is 33.6 Å². The van der Waals surface area contributed by atoms with Crippen LogP contribution in [0.15, 0.2) is 46.2 Å². The van der Waals surface area contributed by atoms with Crippen LogP contribution in [0, 0.1) is 0 Å². The number of hydrogen-bond acceptors (Lipinski definition) is 16. The van der Waals surface area contributed by atoms with E-state index in [1.165, 1.54) is 36.4 Å². The SMILES string of the molecule is Nc1nnnc(Nc2ccc(C=Cc3ccc(Nc4nnnc(N)c4N)cc3S(=O)(=O)O)c(S(=O)(=O)O)c2)c1N. The van der Waals surface area contributed by atoms with Crippen molar-refractivity contribution in [2.45, 2.75) is 9.79 Å². The fourth-order valence-corrected chi connectivity index (χ4v) is 4.69. The maximum atomic E-state index is 12.1. The smallest absolute Gasteiger partial charge is 0.295 e. The third kappa shape index (κ3) is 6.10. The van der Waals surface area contributed by atoms with E-state index in [1.54, 1.807) is 0 Å². The standard InChI is InChI=1S/C20H20N12O6S2/c21-15-17(23)27-31-29-19(15)25-11-5-3-9(13(7-11)39(33,34)35)1-2-10-4-6-12(8-14(10)40(36,37)38)26-20-16(22)18(24)28-32-30-20/h1-8H,(H2,21,31)(H2,22,32)(H,33,34,35)(H,36,37,38)(H3,23,25,27,29)(H3,24,26,28,30). The molecule has 2 aromatic carbocycles. The number of rotatable bonds is 8. The second-order valence-corrected chi connectivity index (χ2v) is 10.7. The van der Waals surface area contributed by atoms with Crippen LogP contribution in [0.4, 0.5) is 46.0 Å². The Hall–Kier alpha value is -5.18. The molecule has 0 aliphatic heterocycles. The van der Waals surface area contributed by atoms with E-state index in [0.29, 0.717) is 0 Å². The van der Waals surface area contributed by atoms with E-state index in [9.17, 15) is 25.9 Å². The zero-order chi connectivity index (χ0) is 29.2. The van der Waals surface area contributed by atoms with Crippen molar-refractivity contribution in [2.75, 3.05) is 33.6 Å². The molecular weight excluding hydrogens is 568 g/mol. The van der Waals surface area contributed by atoms with Crippen molar-refractivity contribution in [1.82, 2.24) is 30.8 Å². The van der Waals surface area contributed by atoms with E-state index in [2.05, 4.69) is 41.5 Å². The summed E-state index contributed by atoms with van der Waals surface area (Å²) in [6.07, 6.45) is 2.44. The number of benzene rings is 2. The summed E-state index contributed by atoms with van der Waals surface area (Å²) in [7, 11) is -9.54. The van der Waals surface area contributed by atoms with E-state index in [0.717, 1.165) is 12.1 Å². The third-order valence-corrected chi connectivity index (χ3v) is 7.03. The van der Waals surface area contributed by atoms with Gasteiger partial charge in [-0.2, -0.15) is 16.8 Å². The van der Waals surface area contributed by atoms with Gasteiger partial charge in [0.05, 0.1) is 0 Å². The number of anilines is 8.